The molecule has 1 aromatic heterocycles. The Balaban J connectivity index is 2.18. The van der Waals surface area contributed by atoms with E-state index in [1.165, 1.54) is 6.92 Å². The molecule has 1 saturated heterocycles. The van der Waals surface area contributed by atoms with Crippen molar-refractivity contribution in [3.05, 3.63) is 32.9 Å². The number of H-pyrrole nitrogens is 1. The number of rotatable bonds is 3. The molecule has 1 fully saturated rings. The summed E-state index contributed by atoms with van der Waals surface area (Å²) in [6.45, 7) is 1.70. The highest BCUT2D eigenvalue weighted by molar-refractivity contribution is 5.65. The largest absolute Gasteiger partial charge is 0.463 e. The lowest BCUT2D eigenvalue weighted by Crippen LogP contribution is -2.36. The van der Waals surface area contributed by atoms with Gasteiger partial charge in [-0.2, -0.15) is 4.39 Å². The molecule has 0 bridgehead atoms. The van der Waals surface area contributed by atoms with Crippen molar-refractivity contribution in [2.45, 2.75) is 25.7 Å². The number of carbonyl (C=O) groups excluding carboxylic acids is 1. The van der Waals surface area contributed by atoms with Crippen molar-refractivity contribution in [3.63, 3.8) is 0 Å². The van der Waals surface area contributed by atoms with Gasteiger partial charge in [-0.1, -0.05) is 0 Å². The number of hydrogen-bond acceptors (Lipinski definition) is 6. The number of carbonyl (C=O) groups is 1. The predicted molar refractivity (Wildman–Crippen MR) is 67.3 cm³/mol. The minimum Gasteiger partial charge on any atom is -0.463 e. The third-order valence-electron chi connectivity index (χ3n) is 2.87. The zero-order valence-electron chi connectivity index (χ0n) is 11.3. The van der Waals surface area contributed by atoms with Crippen LogP contribution in [0.2, 0.25) is 0 Å². The van der Waals surface area contributed by atoms with Crippen LogP contribution in [0.5, 0.6) is 0 Å². The van der Waals surface area contributed by atoms with Crippen molar-refractivity contribution in [3.8, 4) is 0 Å². The van der Waals surface area contributed by atoms with Gasteiger partial charge >= 0.3 is 11.7 Å². The predicted octanol–water partition coefficient (Wildman–Crippen LogP) is -0.457. The molecular weight excluding hydrogens is 287 g/mol. The van der Waals surface area contributed by atoms with Crippen molar-refractivity contribution in [1.29, 1.82) is 0 Å². The Morgan fingerprint density at radius 1 is 1.57 bits per heavy atom. The van der Waals surface area contributed by atoms with Crippen LogP contribution >= 0.6 is 0 Å². The highest BCUT2D eigenvalue weighted by atomic mass is 19.1. The number of nitrogens with zero attached hydrogens (tertiary/aromatic N) is 1. The lowest BCUT2D eigenvalue weighted by Gasteiger charge is -2.21. The molecular formula is C12H15FN2O6. The summed E-state index contributed by atoms with van der Waals surface area (Å²) in [5, 5.41) is 0. The van der Waals surface area contributed by atoms with Gasteiger partial charge in [0.25, 0.3) is 5.56 Å². The van der Waals surface area contributed by atoms with Gasteiger partial charge in [0.15, 0.2) is 0 Å². The third kappa shape index (κ3) is 3.99. The van der Waals surface area contributed by atoms with Crippen LogP contribution in [-0.2, 0) is 19.0 Å². The highest BCUT2D eigenvalue weighted by Crippen LogP contribution is 2.18. The van der Waals surface area contributed by atoms with Crippen LogP contribution in [-0.4, -0.2) is 41.4 Å². The molecule has 0 radical (unpaired) electrons. The van der Waals surface area contributed by atoms with Gasteiger partial charge in [0, 0.05) is 13.3 Å². The molecule has 21 heavy (non-hydrogen) atoms. The molecule has 0 saturated carbocycles. The molecule has 2 rings (SSSR count). The maximum absolute atomic E-state index is 13.3. The molecule has 1 aliphatic heterocycles. The van der Waals surface area contributed by atoms with Crippen LogP contribution in [0.15, 0.2) is 15.8 Å². The van der Waals surface area contributed by atoms with Crippen LogP contribution in [0.25, 0.3) is 0 Å². The summed E-state index contributed by atoms with van der Waals surface area (Å²) in [6.07, 6.45) is -0.308. The number of aromatic nitrogens is 2. The van der Waals surface area contributed by atoms with E-state index < -0.39 is 35.4 Å². The van der Waals surface area contributed by atoms with Gasteiger partial charge in [-0.15, -0.1) is 0 Å². The number of halogens is 1. The van der Waals surface area contributed by atoms with Gasteiger partial charge in [0.1, 0.15) is 18.9 Å². The van der Waals surface area contributed by atoms with Gasteiger partial charge < -0.3 is 14.2 Å². The van der Waals surface area contributed by atoms with Crippen molar-refractivity contribution >= 4 is 5.97 Å². The lowest BCUT2D eigenvalue weighted by molar-refractivity contribution is -0.149. The third-order valence-corrected chi connectivity index (χ3v) is 2.87. The van der Waals surface area contributed by atoms with E-state index in [1.807, 2.05) is 4.98 Å². The summed E-state index contributed by atoms with van der Waals surface area (Å²) in [6, 6.07) is 0. The Bertz CT molecular complexity index is 625. The first-order chi connectivity index (χ1) is 9.97. The Morgan fingerprint density at radius 3 is 3.05 bits per heavy atom. The van der Waals surface area contributed by atoms with Crippen LogP contribution in [0.3, 0.4) is 0 Å². The zero-order valence-corrected chi connectivity index (χ0v) is 11.3. The van der Waals surface area contributed by atoms with Gasteiger partial charge in [0.2, 0.25) is 5.82 Å². The van der Waals surface area contributed by atoms with Gasteiger partial charge in [-0.3, -0.25) is 19.1 Å². The second-order valence-electron chi connectivity index (χ2n) is 4.52. The Labute approximate surface area is 118 Å². The number of nitrogens with one attached hydrogen (secondary N) is 1. The van der Waals surface area contributed by atoms with E-state index in [-0.39, 0.29) is 19.8 Å². The first-order valence-corrected chi connectivity index (χ1v) is 6.35. The summed E-state index contributed by atoms with van der Waals surface area (Å²) < 4.78 is 30.0. The second kappa shape index (κ2) is 6.64. The standard InChI is InChI=1S/C12H15FN2O6/c1-7(16)20-6-8-5-19-3-2-10(21-8)15-4-9(13)11(17)14-12(15)18/h4,8,10H,2-3,5-6H2,1H3,(H,14,17,18). The number of esters is 1. The van der Waals surface area contributed by atoms with Gasteiger partial charge in [-0.05, 0) is 0 Å². The van der Waals surface area contributed by atoms with Crippen molar-refractivity contribution in [1.82, 2.24) is 9.55 Å². The first kappa shape index (κ1) is 15.4. The number of aromatic amines is 1. The van der Waals surface area contributed by atoms with Crippen LogP contribution in [0, 0.1) is 5.82 Å². The maximum Gasteiger partial charge on any atom is 0.330 e. The molecule has 1 N–H and O–H groups in total. The fourth-order valence-corrected chi connectivity index (χ4v) is 1.91. The molecule has 1 aromatic rings. The summed E-state index contributed by atoms with van der Waals surface area (Å²) in [4.78, 5) is 35.4. The maximum atomic E-state index is 13.3. The zero-order chi connectivity index (χ0) is 15.4. The Hall–Kier alpha value is -2.00. The van der Waals surface area contributed by atoms with E-state index in [9.17, 15) is 18.8 Å². The first-order valence-electron chi connectivity index (χ1n) is 6.35. The molecule has 116 valence electrons. The normalized spacial score (nSPS) is 22.6. The Morgan fingerprint density at radius 2 is 2.33 bits per heavy atom. The summed E-state index contributed by atoms with van der Waals surface area (Å²) in [5.74, 6) is -1.55. The average molecular weight is 302 g/mol. The molecule has 0 aromatic carbocycles. The van der Waals surface area contributed by atoms with Crippen LogP contribution in [0.1, 0.15) is 19.6 Å². The monoisotopic (exact) mass is 302 g/mol. The molecule has 0 spiro atoms. The van der Waals surface area contributed by atoms with Crippen molar-refractivity contribution in [2.24, 2.45) is 0 Å². The van der Waals surface area contributed by atoms with E-state index in [0.29, 0.717) is 6.42 Å². The van der Waals surface area contributed by atoms with E-state index >= 15 is 0 Å². The summed E-state index contributed by atoms with van der Waals surface area (Å²) >= 11 is 0. The van der Waals surface area contributed by atoms with E-state index in [1.54, 1.807) is 0 Å². The average Bonchev–Trinajstić information content (AvgIpc) is 2.66. The molecule has 2 atom stereocenters. The molecule has 1 aliphatic rings. The molecule has 0 amide bonds. The lowest BCUT2D eigenvalue weighted by atomic mass is 10.3. The molecule has 2 heterocycles. The topological polar surface area (TPSA) is 99.6 Å². The quantitative estimate of drug-likeness (QED) is 0.759. The minimum atomic E-state index is -1.09. The van der Waals surface area contributed by atoms with E-state index in [0.717, 1.165) is 10.8 Å². The SMILES string of the molecule is CC(=O)OCC1COCCC(n2cc(F)c(=O)[nH]c2=O)O1. The Kier molecular flexibility index (Phi) is 4.86. The fraction of sp³-hybridized carbons (Fsp3) is 0.583. The molecule has 2 unspecified atom stereocenters. The smallest absolute Gasteiger partial charge is 0.330 e. The van der Waals surface area contributed by atoms with E-state index in [4.69, 9.17) is 14.2 Å². The highest BCUT2D eigenvalue weighted by Gasteiger charge is 2.24. The number of ether oxygens (including phenoxy) is 3. The summed E-state index contributed by atoms with van der Waals surface area (Å²) in [7, 11) is 0. The molecule has 9 heteroatoms. The van der Waals surface area contributed by atoms with Crippen LogP contribution in [0.4, 0.5) is 4.39 Å². The van der Waals surface area contributed by atoms with E-state index in [2.05, 4.69) is 0 Å². The number of hydrogen-bond donors (Lipinski definition) is 1. The van der Waals surface area contributed by atoms with Gasteiger partial charge in [0.05, 0.1) is 19.4 Å². The van der Waals surface area contributed by atoms with Gasteiger partial charge in [-0.25, -0.2) is 4.79 Å². The van der Waals surface area contributed by atoms with Crippen LogP contribution < -0.4 is 11.2 Å². The van der Waals surface area contributed by atoms with Crippen molar-refractivity contribution < 1.29 is 23.4 Å². The van der Waals surface area contributed by atoms with Crippen molar-refractivity contribution in [2.75, 3.05) is 19.8 Å². The minimum absolute atomic E-state index is 0.0353. The summed E-state index contributed by atoms with van der Waals surface area (Å²) in [5.41, 5.74) is -1.86. The molecule has 0 aliphatic carbocycles. The second-order valence-corrected chi connectivity index (χ2v) is 4.52. The molecule has 8 nitrogen and oxygen atoms in total. The fourth-order valence-electron chi connectivity index (χ4n) is 1.91.